The smallest absolute Gasteiger partial charge is 0.267 e. The van der Waals surface area contributed by atoms with Gasteiger partial charge in [-0.2, -0.15) is 8.42 Å². The number of aliphatic hydroxyl groups excluding tert-OH is 1. The number of aliphatic hydroxyl groups is 1. The summed E-state index contributed by atoms with van der Waals surface area (Å²) in [6.45, 7) is 0.586. The molecule has 0 bridgehead atoms. The summed E-state index contributed by atoms with van der Waals surface area (Å²) >= 11 is 0. The highest BCUT2D eigenvalue weighted by Crippen LogP contribution is 1.99. The van der Waals surface area contributed by atoms with Gasteiger partial charge in [0, 0.05) is 6.61 Å². The van der Waals surface area contributed by atoms with Crippen LogP contribution in [-0.2, 0) is 14.3 Å². The van der Waals surface area contributed by atoms with Gasteiger partial charge in [-0.3, -0.25) is 4.18 Å². The predicted octanol–water partition coefficient (Wildman–Crippen LogP) is -0.546. The highest BCUT2D eigenvalue weighted by molar-refractivity contribution is 7.86. The van der Waals surface area contributed by atoms with Crippen molar-refractivity contribution in [2.24, 2.45) is 5.73 Å². The second kappa shape index (κ2) is 7.25. The Bertz CT molecular complexity index is 187. The quantitative estimate of drug-likeness (QED) is 0.415. The van der Waals surface area contributed by atoms with E-state index in [0.29, 0.717) is 25.8 Å². The molecule has 0 radical (unpaired) electrons. The molecule has 0 spiro atoms. The van der Waals surface area contributed by atoms with Gasteiger partial charge in [0.1, 0.15) is 0 Å². The zero-order valence-electron chi connectivity index (χ0n) is 7.61. The van der Waals surface area contributed by atoms with Crippen LogP contribution in [0.2, 0.25) is 0 Å². The standard InChI is InChI=1S/C7H17NO4S/c8-4-3-6-12-13(10,11)7-2-1-5-9/h9H,1-8H2. The Morgan fingerprint density at radius 2 is 1.92 bits per heavy atom. The first kappa shape index (κ1) is 12.8. The molecule has 0 saturated heterocycles. The molecule has 3 N–H and O–H groups in total. The third-order valence-electron chi connectivity index (χ3n) is 1.41. The molecule has 0 aliphatic heterocycles. The van der Waals surface area contributed by atoms with Crippen molar-refractivity contribution in [2.75, 3.05) is 25.5 Å². The summed E-state index contributed by atoms with van der Waals surface area (Å²) in [5.74, 6) is -0.0296. The molecule has 80 valence electrons. The van der Waals surface area contributed by atoms with E-state index in [9.17, 15) is 8.42 Å². The van der Waals surface area contributed by atoms with Crippen molar-refractivity contribution >= 4 is 10.1 Å². The lowest BCUT2D eigenvalue weighted by Gasteiger charge is -2.03. The van der Waals surface area contributed by atoms with Gasteiger partial charge in [-0.1, -0.05) is 0 Å². The van der Waals surface area contributed by atoms with Gasteiger partial charge >= 0.3 is 0 Å². The first-order valence-corrected chi connectivity index (χ1v) is 5.88. The van der Waals surface area contributed by atoms with Gasteiger partial charge in [0.05, 0.1) is 12.4 Å². The van der Waals surface area contributed by atoms with Gasteiger partial charge in [0.15, 0.2) is 0 Å². The predicted molar refractivity (Wildman–Crippen MR) is 49.7 cm³/mol. The molecule has 0 aliphatic rings. The van der Waals surface area contributed by atoms with Crippen molar-refractivity contribution in [1.29, 1.82) is 0 Å². The van der Waals surface area contributed by atoms with E-state index in [1.807, 2.05) is 0 Å². The first-order chi connectivity index (χ1) is 6.12. The van der Waals surface area contributed by atoms with Crippen LogP contribution in [0.5, 0.6) is 0 Å². The molecule has 0 saturated carbocycles. The van der Waals surface area contributed by atoms with E-state index in [1.54, 1.807) is 0 Å². The van der Waals surface area contributed by atoms with E-state index in [-0.39, 0.29) is 19.0 Å². The van der Waals surface area contributed by atoms with Gasteiger partial charge in [-0.15, -0.1) is 0 Å². The molecule has 0 atom stereocenters. The molecule has 0 amide bonds. The van der Waals surface area contributed by atoms with Crippen molar-refractivity contribution < 1.29 is 17.7 Å². The summed E-state index contributed by atoms with van der Waals surface area (Å²) in [5.41, 5.74) is 5.17. The molecule has 0 rings (SSSR count). The molecule has 0 aromatic carbocycles. The van der Waals surface area contributed by atoms with Crippen LogP contribution in [0.1, 0.15) is 19.3 Å². The molecule has 0 aliphatic carbocycles. The lowest BCUT2D eigenvalue weighted by atomic mass is 10.4. The molecular weight excluding hydrogens is 194 g/mol. The van der Waals surface area contributed by atoms with Crippen LogP contribution >= 0.6 is 0 Å². The molecular formula is C7H17NO4S. The number of hydrogen-bond acceptors (Lipinski definition) is 5. The van der Waals surface area contributed by atoms with Crippen LogP contribution in [0, 0.1) is 0 Å². The molecule has 0 fully saturated rings. The number of nitrogens with two attached hydrogens (primary N) is 1. The fourth-order valence-corrected chi connectivity index (χ4v) is 1.77. The maximum Gasteiger partial charge on any atom is 0.267 e. The normalized spacial score (nSPS) is 11.8. The highest BCUT2D eigenvalue weighted by atomic mass is 32.2. The van der Waals surface area contributed by atoms with Gasteiger partial charge in [-0.05, 0) is 25.8 Å². The van der Waals surface area contributed by atoms with E-state index >= 15 is 0 Å². The Balaban J connectivity index is 3.55. The Labute approximate surface area is 79.0 Å². The van der Waals surface area contributed by atoms with Crippen LogP contribution in [0.4, 0.5) is 0 Å². The molecule has 0 unspecified atom stereocenters. The minimum atomic E-state index is -3.39. The minimum Gasteiger partial charge on any atom is -0.396 e. The maximum absolute atomic E-state index is 11.0. The van der Waals surface area contributed by atoms with E-state index in [4.69, 9.17) is 10.8 Å². The summed E-state index contributed by atoms with van der Waals surface area (Å²) in [6.07, 6.45) is 1.46. The molecule has 0 aromatic rings. The van der Waals surface area contributed by atoms with Gasteiger partial charge < -0.3 is 10.8 Å². The van der Waals surface area contributed by atoms with Gasteiger partial charge in [-0.25, -0.2) is 0 Å². The first-order valence-electron chi connectivity index (χ1n) is 4.30. The lowest BCUT2D eigenvalue weighted by Crippen LogP contribution is -2.13. The van der Waals surface area contributed by atoms with Crippen molar-refractivity contribution in [3.05, 3.63) is 0 Å². The number of hydrogen-bond donors (Lipinski definition) is 2. The second-order valence-electron chi connectivity index (χ2n) is 2.66. The summed E-state index contributed by atoms with van der Waals surface area (Å²) in [4.78, 5) is 0. The van der Waals surface area contributed by atoms with Crippen LogP contribution < -0.4 is 5.73 Å². The summed E-state index contributed by atoms with van der Waals surface area (Å²) in [5, 5.41) is 8.43. The third kappa shape index (κ3) is 8.17. The molecule has 0 heterocycles. The zero-order chi connectivity index (χ0) is 10.2. The SMILES string of the molecule is NCCCOS(=O)(=O)CCCCO. The van der Waals surface area contributed by atoms with E-state index in [2.05, 4.69) is 4.18 Å². The third-order valence-corrected chi connectivity index (χ3v) is 2.73. The number of rotatable bonds is 8. The Morgan fingerprint density at radius 1 is 1.23 bits per heavy atom. The molecule has 6 heteroatoms. The number of unbranched alkanes of at least 4 members (excludes halogenated alkanes) is 1. The summed E-state index contributed by atoms with van der Waals surface area (Å²) < 4.78 is 26.7. The molecule has 5 nitrogen and oxygen atoms in total. The van der Waals surface area contributed by atoms with Gasteiger partial charge in [0.25, 0.3) is 10.1 Å². The Morgan fingerprint density at radius 3 is 2.46 bits per heavy atom. The summed E-state index contributed by atoms with van der Waals surface area (Å²) in [6, 6.07) is 0. The highest BCUT2D eigenvalue weighted by Gasteiger charge is 2.09. The Hall–Kier alpha value is -0.170. The minimum absolute atomic E-state index is 0.0122. The zero-order valence-corrected chi connectivity index (χ0v) is 8.42. The van der Waals surface area contributed by atoms with Crippen LogP contribution in [0.3, 0.4) is 0 Å². The van der Waals surface area contributed by atoms with Crippen LogP contribution in [0.25, 0.3) is 0 Å². The lowest BCUT2D eigenvalue weighted by molar-refractivity contribution is 0.284. The fraction of sp³-hybridized carbons (Fsp3) is 1.00. The van der Waals surface area contributed by atoms with Crippen LogP contribution in [0.15, 0.2) is 0 Å². The van der Waals surface area contributed by atoms with E-state index in [1.165, 1.54) is 0 Å². The Kier molecular flexibility index (Phi) is 7.16. The maximum atomic E-state index is 11.0. The van der Waals surface area contributed by atoms with Crippen molar-refractivity contribution in [3.8, 4) is 0 Å². The van der Waals surface area contributed by atoms with Crippen molar-refractivity contribution in [2.45, 2.75) is 19.3 Å². The second-order valence-corrected chi connectivity index (χ2v) is 4.42. The van der Waals surface area contributed by atoms with Gasteiger partial charge in [0.2, 0.25) is 0 Å². The fourth-order valence-electron chi connectivity index (χ4n) is 0.719. The van der Waals surface area contributed by atoms with E-state index < -0.39 is 10.1 Å². The van der Waals surface area contributed by atoms with E-state index in [0.717, 1.165) is 0 Å². The molecule has 13 heavy (non-hydrogen) atoms. The monoisotopic (exact) mass is 211 g/mol. The topological polar surface area (TPSA) is 89.6 Å². The average molecular weight is 211 g/mol. The average Bonchev–Trinajstić information content (AvgIpc) is 2.05. The van der Waals surface area contributed by atoms with Crippen molar-refractivity contribution in [1.82, 2.24) is 0 Å². The summed E-state index contributed by atoms with van der Waals surface area (Å²) in [7, 11) is -3.39. The molecule has 0 aromatic heterocycles. The van der Waals surface area contributed by atoms with Crippen LogP contribution in [-0.4, -0.2) is 39.0 Å². The van der Waals surface area contributed by atoms with Crippen molar-refractivity contribution in [3.63, 3.8) is 0 Å². The largest absolute Gasteiger partial charge is 0.396 e.